The molecule has 0 aliphatic carbocycles. The van der Waals surface area contributed by atoms with Gasteiger partial charge in [-0.25, -0.2) is 4.98 Å². The number of aromatic nitrogens is 2. The van der Waals surface area contributed by atoms with Gasteiger partial charge in [0.2, 0.25) is 0 Å². The van der Waals surface area contributed by atoms with E-state index in [-0.39, 0.29) is 11.5 Å². The number of imidazole rings is 1. The molecule has 3 nitrogen and oxygen atoms in total. The summed E-state index contributed by atoms with van der Waals surface area (Å²) in [5, 5.41) is 0.342. The molecule has 0 aliphatic heterocycles. The van der Waals surface area contributed by atoms with Crippen LogP contribution in [0.5, 0.6) is 0 Å². The van der Waals surface area contributed by atoms with Crippen molar-refractivity contribution < 1.29 is 4.43 Å². The maximum Gasteiger partial charge on any atom is 0.171 e. The van der Waals surface area contributed by atoms with Crippen LogP contribution >= 0.6 is 11.1 Å². The number of rotatable bonds is 7. The molecular formula is C35H49ClN2OSi2. The van der Waals surface area contributed by atoms with Crippen LogP contribution in [0.4, 0.5) is 0 Å². The van der Waals surface area contributed by atoms with E-state index in [4.69, 9.17) is 20.5 Å². The Labute approximate surface area is 256 Å². The van der Waals surface area contributed by atoms with E-state index in [1.165, 1.54) is 16.7 Å². The third-order valence-corrected chi connectivity index (χ3v) is 13.9. The Kier molecular flexibility index (Phi) is 10.7. The van der Waals surface area contributed by atoms with Gasteiger partial charge < -0.3 is 8.99 Å². The minimum atomic E-state index is -1.39. The van der Waals surface area contributed by atoms with Gasteiger partial charge in [0.1, 0.15) is 5.54 Å². The van der Waals surface area contributed by atoms with Gasteiger partial charge in [-0.3, -0.25) is 0 Å². The highest BCUT2D eigenvalue weighted by atomic mass is 35.6. The molecule has 1 unspecified atom stereocenters. The monoisotopic (exact) mass is 604 g/mol. The first kappa shape index (κ1) is 33.1. The highest BCUT2D eigenvalue weighted by Crippen LogP contribution is 2.43. The third kappa shape index (κ3) is 7.89. The van der Waals surface area contributed by atoms with Crippen molar-refractivity contribution in [3.8, 4) is 0 Å². The second-order valence-electron chi connectivity index (χ2n) is 13.7. The molecule has 0 saturated carbocycles. The number of nitrogens with zero attached hydrogens (tertiary/aromatic N) is 2. The molecule has 0 aliphatic rings. The maximum absolute atomic E-state index is 6.51. The molecule has 6 heteroatoms. The average molecular weight is 605 g/mol. The molecule has 3 aromatic carbocycles. The number of halogens is 1. The molecule has 4 aromatic rings. The second kappa shape index (κ2) is 13.2. The van der Waals surface area contributed by atoms with Gasteiger partial charge in [-0.05, 0) is 40.2 Å². The van der Waals surface area contributed by atoms with E-state index < -0.39 is 22.0 Å². The molecule has 0 radical (unpaired) electrons. The molecule has 1 aromatic heterocycles. The summed E-state index contributed by atoms with van der Waals surface area (Å²) in [4.78, 5) is 4.94. The Balaban J connectivity index is 0.000000507. The lowest BCUT2D eigenvalue weighted by molar-refractivity contribution is 0.0829. The predicted octanol–water partition coefficient (Wildman–Crippen LogP) is 10.0. The van der Waals surface area contributed by atoms with Crippen LogP contribution in [0.25, 0.3) is 0 Å². The minimum Gasteiger partial charge on any atom is -0.412 e. The smallest absolute Gasteiger partial charge is 0.171 e. The highest BCUT2D eigenvalue weighted by Gasteiger charge is 2.39. The van der Waals surface area contributed by atoms with Crippen LogP contribution in [0.1, 0.15) is 70.0 Å². The molecule has 41 heavy (non-hydrogen) atoms. The SMILES string of the molecule is CC(C)(C)[Si](C)(C)Cl.C[SiH](C)OC(c1cn(C(c2ccccc2)(c2ccccc2)c2ccccc2)cn1)C(C)(C)C. The van der Waals surface area contributed by atoms with Crippen molar-refractivity contribution in [2.45, 2.75) is 84.4 Å². The average Bonchev–Trinajstić information content (AvgIpc) is 3.38. The van der Waals surface area contributed by atoms with Crippen molar-refractivity contribution in [1.29, 1.82) is 0 Å². The van der Waals surface area contributed by atoms with Gasteiger partial charge in [0.15, 0.2) is 16.4 Å². The number of hydrogen-bond donors (Lipinski definition) is 0. The molecule has 220 valence electrons. The molecule has 0 fully saturated rings. The first-order valence-corrected chi connectivity index (χ1v) is 21.4. The van der Waals surface area contributed by atoms with Gasteiger partial charge in [-0.1, -0.05) is 146 Å². The Morgan fingerprint density at radius 3 is 1.39 bits per heavy atom. The van der Waals surface area contributed by atoms with E-state index in [9.17, 15) is 0 Å². The first-order valence-electron chi connectivity index (χ1n) is 14.6. The molecule has 0 spiro atoms. The van der Waals surface area contributed by atoms with Gasteiger partial charge in [0.05, 0.1) is 18.1 Å². The summed E-state index contributed by atoms with van der Waals surface area (Å²) in [6, 6.07) is 32.1. The second-order valence-corrected chi connectivity index (χ2v) is 23.3. The number of hydrogen-bond acceptors (Lipinski definition) is 2. The van der Waals surface area contributed by atoms with Crippen molar-refractivity contribution >= 4 is 27.5 Å². The van der Waals surface area contributed by atoms with E-state index in [0.717, 1.165) is 5.69 Å². The van der Waals surface area contributed by atoms with Crippen LogP contribution in [0.3, 0.4) is 0 Å². The largest absolute Gasteiger partial charge is 0.412 e. The van der Waals surface area contributed by atoms with Crippen molar-refractivity contribution in [3.05, 3.63) is 126 Å². The highest BCUT2D eigenvalue weighted by molar-refractivity contribution is 7.20. The molecular weight excluding hydrogens is 556 g/mol. The summed E-state index contributed by atoms with van der Waals surface area (Å²) in [6.45, 7) is 22.1. The van der Waals surface area contributed by atoms with E-state index >= 15 is 0 Å². The maximum atomic E-state index is 6.51. The van der Waals surface area contributed by atoms with E-state index in [0.29, 0.717) is 5.04 Å². The van der Waals surface area contributed by atoms with Crippen molar-refractivity contribution in [2.24, 2.45) is 5.41 Å². The van der Waals surface area contributed by atoms with Crippen LogP contribution in [0, 0.1) is 5.41 Å². The van der Waals surface area contributed by atoms with Crippen LogP contribution < -0.4 is 0 Å². The van der Waals surface area contributed by atoms with Crippen LogP contribution in [-0.4, -0.2) is 26.0 Å². The van der Waals surface area contributed by atoms with Gasteiger partial charge in [0, 0.05) is 6.20 Å². The Hall–Kier alpha value is -2.45. The van der Waals surface area contributed by atoms with Crippen molar-refractivity contribution in [1.82, 2.24) is 9.55 Å². The third-order valence-electron chi connectivity index (χ3n) is 7.81. The summed E-state index contributed by atoms with van der Waals surface area (Å²) >= 11 is 6.15. The Morgan fingerprint density at radius 1 is 0.732 bits per heavy atom. The topological polar surface area (TPSA) is 27.1 Å². The van der Waals surface area contributed by atoms with Gasteiger partial charge in [0.25, 0.3) is 0 Å². The predicted molar refractivity (Wildman–Crippen MR) is 182 cm³/mol. The summed E-state index contributed by atoms with van der Waals surface area (Å²) < 4.78 is 8.78. The molecule has 0 saturated heterocycles. The molecule has 0 N–H and O–H groups in total. The van der Waals surface area contributed by atoms with Crippen molar-refractivity contribution in [3.63, 3.8) is 0 Å². The fraction of sp³-hybridized carbons (Fsp3) is 0.400. The van der Waals surface area contributed by atoms with E-state index in [1.807, 2.05) is 6.33 Å². The molecule has 0 bridgehead atoms. The van der Waals surface area contributed by atoms with Crippen molar-refractivity contribution in [2.75, 3.05) is 0 Å². The molecule has 1 atom stereocenters. The lowest BCUT2D eigenvalue weighted by Gasteiger charge is -2.37. The zero-order valence-electron chi connectivity index (χ0n) is 26.7. The normalized spacial score (nSPS) is 13.5. The summed E-state index contributed by atoms with van der Waals surface area (Å²) in [5.74, 6) is 0. The van der Waals surface area contributed by atoms with E-state index in [2.05, 4.69) is 169 Å². The fourth-order valence-electron chi connectivity index (χ4n) is 4.63. The molecule has 0 amide bonds. The first-order chi connectivity index (χ1) is 19.1. The van der Waals surface area contributed by atoms with Crippen LogP contribution in [0.2, 0.25) is 31.2 Å². The standard InChI is InChI=1S/C29H34N2OSi.C6H15ClSi/c1-28(2,3)27(32-33(4)5)26-21-31(22-30-26)29(23-15-9-6-10-16-23,24-17-11-7-12-18-24)25-19-13-8-14-20-25;1-6(2,3)8(4,5)7/h6-22,27,33H,1-5H3;1-5H3. The van der Waals surface area contributed by atoms with Gasteiger partial charge >= 0.3 is 0 Å². The van der Waals surface area contributed by atoms with Gasteiger partial charge in [-0.2, -0.15) is 11.1 Å². The Morgan fingerprint density at radius 2 is 1.10 bits per heavy atom. The van der Waals surface area contributed by atoms with Crippen LogP contribution in [0.15, 0.2) is 104 Å². The minimum absolute atomic E-state index is 0.0502. The zero-order chi connectivity index (χ0) is 30.5. The quantitative estimate of drug-likeness (QED) is 0.119. The molecule has 4 rings (SSSR count). The van der Waals surface area contributed by atoms with Crippen LogP contribution in [-0.2, 0) is 9.96 Å². The lowest BCUT2D eigenvalue weighted by atomic mass is 9.76. The van der Waals surface area contributed by atoms with E-state index in [1.54, 1.807) is 0 Å². The number of benzene rings is 3. The fourth-order valence-corrected chi connectivity index (χ4v) is 5.72. The Bertz CT molecular complexity index is 1230. The summed E-state index contributed by atoms with van der Waals surface area (Å²) in [6.07, 6.45) is 4.12. The van der Waals surface area contributed by atoms with Gasteiger partial charge in [-0.15, -0.1) is 0 Å². The lowest BCUT2D eigenvalue weighted by Crippen LogP contribution is -2.37. The molecule has 1 heterocycles. The summed E-state index contributed by atoms with van der Waals surface area (Å²) in [7, 11) is -2.65. The zero-order valence-corrected chi connectivity index (χ0v) is 29.6. The summed E-state index contributed by atoms with van der Waals surface area (Å²) in [5.41, 5.74) is 3.96.